The second-order valence-electron chi connectivity index (χ2n) is 2.71. The molecular weight excluding hydrogens is 140 g/mol. The van der Waals surface area contributed by atoms with Crippen LogP contribution in [0.25, 0.3) is 0 Å². The Morgan fingerprint density at radius 2 is 2.64 bits per heavy atom. The van der Waals surface area contributed by atoms with E-state index in [4.69, 9.17) is 4.74 Å². The normalized spacial score (nSPS) is 21.7. The monoisotopic (exact) mass is 152 g/mol. The van der Waals surface area contributed by atoms with Crippen LogP contribution in [0.4, 0.5) is 0 Å². The third-order valence-corrected chi connectivity index (χ3v) is 1.57. The Morgan fingerprint density at radius 3 is 3.18 bits per heavy atom. The largest absolute Gasteiger partial charge is 0.470 e. The summed E-state index contributed by atoms with van der Waals surface area (Å²) in [5, 5.41) is 0. The van der Waals surface area contributed by atoms with E-state index in [9.17, 15) is 4.79 Å². The number of rotatable bonds is 3. The fourth-order valence-corrected chi connectivity index (χ4v) is 0.992. The highest BCUT2D eigenvalue weighted by molar-refractivity contribution is 5.50. The van der Waals surface area contributed by atoms with E-state index in [0.717, 1.165) is 18.5 Å². The molecule has 0 aromatic rings. The second kappa shape index (κ2) is 3.96. The van der Waals surface area contributed by atoms with E-state index in [0.29, 0.717) is 12.3 Å². The fraction of sp³-hybridized carbons (Fsp3) is 0.444. The Bertz CT molecular complexity index is 182. The first-order valence-electron chi connectivity index (χ1n) is 3.79. The van der Waals surface area contributed by atoms with Gasteiger partial charge in [0.2, 0.25) is 0 Å². The molecule has 0 fully saturated rings. The predicted octanol–water partition coefficient (Wildman–Crippen LogP) is 2.03. The molecular formula is C9H12O2. The van der Waals surface area contributed by atoms with Gasteiger partial charge in [-0.2, -0.15) is 0 Å². The lowest BCUT2D eigenvalue weighted by Gasteiger charge is -2.01. The maximum Gasteiger partial charge on any atom is 0.120 e. The molecule has 0 aliphatic carbocycles. The molecule has 1 aliphatic heterocycles. The number of hydrogen-bond acceptors (Lipinski definition) is 2. The summed E-state index contributed by atoms with van der Waals surface area (Å²) in [7, 11) is 0. The Morgan fingerprint density at radius 1 is 1.82 bits per heavy atom. The molecule has 60 valence electrons. The van der Waals surface area contributed by atoms with Crippen molar-refractivity contribution in [1.29, 1.82) is 0 Å². The van der Waals surface area contributed by atoms with Crippen LogP contribution in [0.2, 0.25) is 0 Å². The number of aldehydes is 1. The van der Waals surface area contributed by atoms with Gasteiger partial charge in [0.15, 0.2) is 0 Å². The Labute approximate surface area is 66.5 Å². The van der Waals surface area contributed by atoms with Crippen molar-refractivity contribution < 1.29 is 9.53 Å². The fourth-order valence-electron chi connectivity index (χ4n) is 0.992. The Hall–Kier alpha value is -1.05. The van der Waals surface area contributed by atoms with Gasteiger partial charge in [0, 0.05) is 12.8 Å². The first-order valence-corrected chi connectivity index (χ1v) is 3.79. The van der Waals surface area contributed by atoms with Crippen molar-refractivity contribution in [2.24, 2.45) is 5.92 Å². The third-order valence-electron chi connectivity index (χ3n) is 1.57. The van der Waals surface area contributed by atoms with Gasteiger partial charge in [-0.15, -0.1) is 0 Å². The van der Waals surface area contributed by atoms with Crippen LogP contribution in [0.3, 0.4) is 0 Å². The molecule has 1 unspecified atom stereocenters. The van der Waals surface area contributed by atoms with Gasteiger partial charge in [-0.1, -0.05) is 6.92 Å². The lowest BCUT2D eigenvalue weighted by Crippen LogP contribution is -1.92. The molecule has 2 heteroatoms. The van der Waals surface area contributed by atoms with Gasteiger partial charge >= 0.3 is 0 Å². The summed E-state index contributed by atoms with van der Waals surface area (Å²) < 4.78 is 5.13. The third kappa shape index (κ3) is 2.58. The highest BCUT2D eigenvalue weighted by Crippen LogP contribution is 2.16. The summed E-state index contributed by atoms with van der Waals surface area (Å²) in [4.78, 5) is 10.1. The van der Waals surface area contributed by atoms with Gasteiger partial charge < -0.3 is 9.53 Å². The standard InChI is InChI=1S/C9H12O2/c1-8(4-5-10)7-9-3-2-6-11-9/h2,5-8H,3-4H2,1H3. The van der Waals surface area contributed by atoms with Crippen LogP contribution in [0, 0.1) is 5.92 Å². The quantitative estimate of drug-likeness (QED) is 0.578. The molecule has 1 heterocycles. The lowest BCUT2D eigenvalue weighted by molar-refractivity contribution is -0.108. The molecule has 0 bridgehead atoms. The molecule has 1 rings (SSSR count). The van der Waals surface area contributed by atoms with Crippen molar-refractivity contribution in [3.8, 4) is 0 Å². The van der Waals surface area contributed by atoms with Gasteiger partial charge in [0.05, 0.1) is 6.26 Å². The zero-order chi connectivity index (χ0) is 8.10. The SMILES string of the molecule is CC(C=C1CC=CO1)CC=O. The van der Waals surface area contributed by atoms with Crippen molar-refractivity contribution >= 4 is 6.29 Å². The zero-order valence-corrected chi connectivity index (χ0v) is 6.62. The molecule has 0 saturated heterocycles. The molecule has 1 atom stereocenters. The average molecular weight is 152 g/mol. The highest BCUT2D eigenvalue weighted by atomic mass is 16.5. The van der Waals surface area contributed by atoms with Crippen LogP contribution < -0.4 is 0 Å². The minimum Gasteiger partial charge on any atom is -0.470 e. The topological polar surface area (TPSA) is 26.3 Å². The molecule has 0 saturated carbocycles. The Kier molecular flexibility index (Phi) is 2.90. The first-order chi connectivity index (χ1) is 5.33. The van der Waals surface area contributed by atoms with Crippen LogP contribution in [-0.2, 0) is 9.53 Å². The number of ether oxygens (including phenoxy) is 1. The van der Waals surface area contributed by atoms with Crippen molar-refractivity contribution in [3.63, 3.8) is 0 Å². The summed E-state index contributed by atoms with van der Waals surface area (Å²) >= 11 is 0. The van der Waals surface area contributed by atoms with Crippen molar-refractivity contribution in [1.82, 2.24) is 0 Å². The van der Waals surface area contributed by atoms with E-state index in [1.54, 1.807) is 6.26 Å². The molecule has 2 nitrogen and oxygen atoms in total. The second-order valence-corrected chi connectivity index (χ2v) is 2.71. The van der Waals surface area contributed by atoms with Gasteiger partial charge in [-0.3, -0.25) is 0 Å². The Balaban J connectivity index is 2.37. The van der Waals surface area contributed by atoms with E-state index < -0.39 is 0 Å². The van der Waals surface area contributed by atoms with Crippen LogP contribution in [0.5, 0.6) is 0 Å². The van der Waals surface area contributed by atoms with Gasteiger partial charge in [0.1, 0.15) is 12.0 Å². The number of carbonyl (C=O) groups excluding carboxylic acids is 1. The average Bonchev–Trinajstić information content (AvgIpc) is 2.40. The van der Waals surface area contributed by atoms with Crippen molar-refractivity contribution in [3.05, 3.63) is 24.2 Å². The van der Waals surface area contributed by atoms with Crippen molar-refractivity contribution in [2.75, 3.05) is 0 Å². The van der Waals surface area contributed by atoms with Crippen LogP contribution in [0.15, 0.2) is 24.2 Å². The number of hydrogen-bond donors (Lipinski definition) is 0. The highest BCUT2D eigenvalue weighted by Gasteiger charge is 2.03. The number of allylic oxidation sites excluding steroid dienone is 2. The summed E-state index contributed by atoms with van der Waals surface area (Å²) in [6.07, 6.45) is 8.01. The minimum atomic E-state index is 0.294. The van der Waals surface area contributed by atoms with Crippen LogP contribution in [0.1, 0.15) is 19.8 Å². The first kappa shape index (κ1) is 8.05. The molecule has 0 aromatic heterocycles. The minimum absolute atomic E-state index is 0.294. The van der Waals surface area contributed by atoms with Gasteiger partial charge in [0.25, 0.3) is 0 Å². The predicted molar refractivity (Wildman–Crippen MR) is 42.8 cm³/mol. The van der Waals surface area contributed by atoms with Crippen LogP contribution in [-0.4, -0.2) is 6.29 Å². The summed E-state index contributed by atoms with van der Waals surface area (Å²) in [6.45, 7) is 2.00. The van der Waals surface area contributed by atoms with E-state index in [1.807, 2.05) is 19.1 Å². The summed E-state index contributed by atoms with van der Waals surface area (Å²) in [6, 6.07) is 0. The maximum atomic E-state index is 10.1. The molecule has 0 spiro atoms. The van der Waals surface area contributed by atoms with Gasteiger partial charge in [-0.05, 0) is 18.1 Å². The van der Waals surface area contributed by atoms with Crippen molar-refractivity contribution in [2.45, 2.75) is 19.8 Å². The smallest absolute Gasteiger partial charge is 0.120 e. The van der Waals surface area contributed by atoms with E-state index in [-0.39, 0.29) is 0 Å². The molecule has 1 aliphatic rings. The molecule has 0 N–H and O–H groups in total. The molecule has 11 heavy (non-hydrogen) atoms. The van der Waals surface area contributed by atoms with E-state index in [1.165, 1.54) is 0 Å². The number of carbonyl (C=O) groups is 1. The molecule has 0 aromatic carbocycles. The zero-order valence-electron chi connectivity index (χ0n) is 6.62. The summed E-state index contributed by atoms with van der Waals surface area (Å²) in [5.41, 5.74) is 0. The van der Waals surface area contributed by atoms with E-state index in [2.05, 4.69) is 0 Å². The van der Waals surface area contributed by atoms with Gasteiger partial charge in [-0.25, -0.2) is 0 Å². The maximum absolute atomic E-state index is 10.1. The van der Waals surface area contributed by atoms with E-state index >= 15 is 0 Å². The lowest BCUT2D eigenvalue weighted by atomic mass is 10.1. The molecule has 0 amide bonds. The van der Waals surface area contributed by atoms with Crippen LogP contribution >= 0.6 is 0 Å². The summed E-state index contributed by atoms with van der Waals surface area (Å²) in [5.74, 6) is 1.25. The molecule has 0 radical (unpaired) electrons.